The number of rotatable bonds is 14. The maximum absolute atomic E-state index is 13.2. The number of likely N-dealkylation sites (tertiary alicyclic amines) is 1. The molecule has 0 aromatic rings. The number of nitrogens with one attached hydrogen (secondary N) is 3. The number of methoxy groups -OCH3 is 1. The second-order valence-electron chi connectivity index (χ2n) is 14.3. The van der Waals surface area contributed by atoms with Crippen LogP contribution in [-0.4, -0.2) is 114 Å². The van der Waals surface area contributed by atoms with Crippen molar-refractivity contribution in [3.63, 3.8) is 0 Å². The summed E-state index contributed by atoms with van der Waals surface area (Å²) >= 11 is 0. The molecule has 4 amide bonds. The fraction of sp³-hybridized carbons (Fsp3) is 0.788. The summed E-state index contributed by atoms with van der Waals surface area (Å²) in [6.07, 6.45) is 3.55. The highest BCUT2D eigenvalue weighted by Gasteiger charge is 2.76. The van der Waals surface area contributed by atoms with Gasteiger partial charge < -0.3 is 44.9 Å². The van der Waals surface area contributed by atoms with Crippen molar-refractivity contribution in [3.05, 3.63) is 11.6 Å². The molecule has 0 unspecified atom stereocenters. The first-order valence-corrected chi connectivity index (χ1v) is 16.6. The van der Waals surface area contributed by atoms with Gasteiger partial charge in [-0.25, -0.2) is 4.79 Å². The number of hydrogen-bond donors (Lipinski definition) is 4. The summed E-state index contributed by atoms with van der Waals surface area (Å²) in [6, 6.07) is -1.77. The average molecular weight is 665 g/mol. The molecule has 1 aliphatic carbocycles. The third kappa shape index (κ3) is 8.26. The van der Waals surface area contributed by atoms with Crippen molar-refractivity contribution in [1.82, 2.24) is 20.9 Å². The number of carboxylic acid groups (broad SMARTS) is 1. The molecule has 0 bridgehead atoms. The maximum Gasteiger partial charge on any atom is 0.407 e. The summed E-state index contributed by atoms with van der Waals surface area (Å²) in [7, 11) is 1.59. The average Bonchev–Trinajstić information content (AvgIpc) is 3.79. The minimum Gasteiger partial charge on any atom is -0.480 e. The molecule has 1 spiro atoms. The smallest absolute Gasteiger partial charge is 0.407 e. The zero-order valence-corrected chi connectivity index (χ0v) is 28.7. The first-order valence-electron chi connectivity index (χ1n) is 16.6. The van der Waals surface area contributed by atoms with Crippen molar-refractivity contribution in [3.8, 4) is 0 Å². The van der Waals surface area contributed by atoms with Crippen molar-refractivity contribution in [2.45, 2.75) is 121 Å². The lowest BCUT2D eigenvalue weighted by atomic mass is 9.66. The lowest BCUT2D eigenvalue weighted by molar-refractivity contribution is -0.140. The molecule has 4 aliphatic rings. The zero-order chi connectivity index (χ0) is 34.7. The van der Waals surface area contributed by atoms with Crippen LogP contribution in [-0.2, 0) is 38.1 Å². The molecule has 47 heavy (non-hydrogen) atoms. The van der Waals surface area contributed by atoms with Crippen LogP contribution >= 0.6 is 0 Å². The van der Waals surface area contributed by atoms with E-state index >= 15 is 0 Å². The number of epoxide rings is 2. The number of hydrogen-bond acceptors (Lipinski definition) is 9. The summed E-state index contributed by atoms with van der Waals surface area (Å²) in [5.41, 5.74) is -0.129. The predicted octanol–water partition coefficient (Wildman–Crippen LogP) is 1.90. The van der Waals surface area contributed by atoms with E-state index in [1.54, 1.807) is 7.11 Å². The molecule has 0 radical (unpaired) electrons. The topological polar surface area (TPSA) is 188 Å². The van der Waals surface area contributed by atoms with Crippen molar-refractivity contribution < 1.29 is 48.0 Å². The lowest BCUT2D eigenvalue weighted by Crippen LogP contribution is -2.57. The molecule has 4 rings (SSSR count). The van der Waals surface area contributed by atoms with Gasteiger partial charge in [0.2, 0.25) is 17.7 Å². The van der Waals surface area contributed by atoms with Gasteiger partial charge in [-0.15, -0.1) is 0 Å². The van der Waals surface area contributed by atoms with Gasteiger partial charge >= 0.3 is 12.1 Å². The van der Waals surface area contributed by atoms with Crippen LogP contribution in [0.25, 0.3) is 0 Å². The molecule has 8 atom stereocenters. The molecule has 1 saturated carbocycles. The van der Waals surface area contributed by atoms with E-state index in [0.717, 1.165) is 6.42 Å². The van der Waals surface area contributed by atoms with Crippen molar-refractivity contribution in [2.75, 3.05) is 33.4 Å². The molecule has 264 valence electrons. The summed E-state index contributed by atoms with van der Waals surface area (Å²) in [6.45, 7) is 12.0. The number of amides is 4. The number of carbonyl (C=O) groups excluding carboxylic acids is 4. The van der Waals surface area contributed by atoms with Gasteiger partial charge in [0.05, 0.1) is 18.1 Å². The van der Waals surface area contributed by atoms with E-state index < -0.39 is 71.8 Å². The van der Waals surface area contributed by atoms with Crippen LogP contribution in [0.15, 0.2) is 11.6 Å². The van der Waals surface area contributed by atoms with Gasteiger partial charge in [0.1, 0.15) is 48.6 Å². The van der Waals surface area contributed by atoms with Crippen LogP contribution in [0.2, 0.25) is 0 Å². The lowest BCUT2D eigenvalue weighted by Gasteiger charge is -2.43. The Morgan fingerprint density at radius 3 is 2.38 bits per heavy atom. The van der Waals surface area contributed by atoms with Gasteiger partial charge in [-0.3, -0.25) is 19.2 Å². The largest absolute Gasteiger partial charge is 0.480 e. The Morgan fingerprint density at radius 2 is 1.79 bits per heavy atom. The summed E-state index contributed by atoms with van der Waals surface area (Å²) in [5, 5.41) is 16.4. The summed E-state index contributed by atoms with van der Waals surface area (Å²) in [5.74, 6) is -2.89. The van der Waals surface area contributed by atoms with Gasteiger partial charge in [-0.05, 0) is 72.1 Å². The molecule has 3 heterocycles. The monoisotopic (exact) mass is 664 g/mol. The first-order chi connectivity index (χ1) is 22.1. The van der Waals surface area contributed by atoms with E-state index in [1.807, 2.05) is 13.8 Å². The van der Waals surface area contributed by atoms with Crippen LogP contribution in [0.5, 0.6) is 0 Å². The molecule has 4 fully saturated rings. The Labute approximate surface area is 276 Å². The van der Waals surface area contributed by atoms with E-state index in [4.69, 9.17) is 24.1 Å². The van der Waals surface area contributed by atoms with E-state index in [0.29, 0.717) is 45.3 Å². The summed E-state index contributed by atoms with van der Waals surface area (Å²) in [4.78, 5) is 64.3. The van der Waals surface area contributed by atoms with Crippen LogP contribution in [0.1, 0.15) is 80.1 Å². The number of nitrogens with zero attached hydrogens (tertiary/aromatic N) is 1. The minimum absolute atomic E-state index is 0.0403. The third-order valence-corrected chi connectivity index (χ3v) is 10.1. The van der Waals surface area contributed by atoms with Crippen LogP contribution in [0, 0.1) is 11.8 Å². The molecule has 3 aliphatic heterocycles. The van der Waals surface area contributed by atoms with Crippen LogP contribution in [0.3, 0.4) is 0 Å². The SMILES string of the molecule is CO[C@@H]1[C@H](OC(=O)NCC(=O)N2CCC[C@H]2C(=O)N[C@@H](CC(C)C)C(=O)NCC(=O)O)CC[C@]2(CO2)[C@H]1[C@@]1(C)O[C@@]1(C)CC=C(C)C. The van der Waals surface area contributed by atoms with Crippen LogP contribution in [0.4, 0.5) is 4.79 Å². The summed E-state index contributed by atoms with van der Waals surface area (Å²) < 4.78 is 24.2. The molecule has 14 nitrogen and oxygen atoms in total. The molecular weight excluding hydrogens is 612 g/mol. The fourth-order valence-corrected chi connectivity index (χ4v) is 7.37. The second-order valence-corrected chi connectivity index (χ2v) is 14.3. The highest BCUT2D eigenvalue weighted by Crippen LogP contribution is 2.64. The second kappa shape index (κ2) is 14.5. The highest BCUT2D eigenvalue weighted by atomic mass is 16.6. The molecule has 3 saturated heterocycles. The molecule has 4 N–H and O–H groups in total. The van der Waals surface area contributed by atoms with Crippen molar-refractivity contribution in [2.24, 2.45) is 11.8 Å². The van der Waals surface area contributed by atoms with E-state index in [9.17, 15) is 24.0 Å². The third-order valence-electron chi connectivity index (χ3n) is 10.1. The molecule has 0 aromatic carbocycles. The highest BCUT2D eigenvalue weighted by molar-refractivity contribution is 5.93. The fourth-order valence-electron chi connectivity index (χ4n) is 7.37. The quantitative estimate of drug-likeness (QED) is 0.158. The molecule has 14 heteroatoms. The molecule has 0 aromatic heterocycles. The number of carbonyl (C=O) groups is 5. The predicted molar refractivity (Wildman–Crippen MR) is 169 cm³/mol. The maximum atomic E-state index is 13.2. The number of allylic oxidation sites excluding steroid dienone is 1. The molecular formula is C33H52N4O10. The van der Waals surface area contributed by atoms with Gasteiger partial charge in [0.25, 0.3) is 0 Å². The van der Waals surface area contributed by atoms with Crippen molar-refractivity contribution >= 4 is 29.8 Å². The number of ether oxygens (including phenoxy) is 4. The zero-order valence-electron chi connectivity index (χ0n) is 28.7. The minimum atomic E-state index is -1.20. The Bertz CT molecular complexity index is 1250. The van der Waals surface area contributed by atoms with Gasteiger partial charge in [0, 0.05) is 13.7 Å². The van der Waals surface area contributed by atoms with Gasteiger partial charge in [-0.2, -0.15) is 0 Å². The number of aliphatic carboxylic acids is 1. The first kappa shape index (κ1) is 36.6. The van der Waals surface area contributed by atoms with Gasteiger partial charge in [-0.1, -0.05) is 25.5 Å². The van der Waals surface area contributed by atoms with Crippen molar-refractivity contribution in [1.29, 1.82) is 0 Å². The normalized spacial score (nSPS) is 33.1. The van der Waals surface area contributed by atoms with Gasteiger partial charge in [0.15, 0.2) is 0 Å². The van der Waals surface area contributed by atoms with E-state index in [1.165, 1.54) is 10.5 Å². The Morgan fingerprint density at radius 1 is 1.09 bits per heavy atom. The Hall–Kier alpha value is -3.23. The number of carboxylic acids is 1. The Balaban J connectivity index is 1.33. The van der Waals surface area contributed by atoms with Crippen LogP contribution < -0.4 is 16.0 Å². The van der Waals surface area contributed by atoms with E-state index in [2.05, 4.69) is 49.7 Å². The Kier molecular flexibility index (Phi) is 11.3. The van der Waals surface area contributed by atoms with E-state index in [-0.39, 0.29) is 24.0 Å². The standard InChI is InChI=1S/C33H52N4O10/c1-19(2)10-12-31(5)32(6,47-31)27-26(44-7)23(11-13-33(27)18-45-33)46-30(43)35-16-24(38)37-14-8-9-22(37)29(42)36-21(15-20(3)4)28(41)34-17-25(39)40/h10,20-23,26-27H,8-9,11-18H2,1-7H3,(H,34,41)(H,35,43)(H,36,42)(H,39,40)/t21-,22-,23+,26+,27+,31-,32+,33-/m0/s1. The number of alkyl carbamates (subject to hydrolysis) is 1.